The second kappa shape index (κ2) is 8.85. The van der Waals surface area contributed by atoms with Crippen molar-refractivity contribution < 1.29 is 14.3 Å². The Morgan fingerprint density at radius 2 is 1.73 bits per heavy atom. The van der Waals surface area contributed by atoms with Crippen molar-refractivity contribution in [2.75, 3.05) is 13.2 Å². The van der Waals surface area contributed by atoms with Crippen molar-refractivity contribution in [3.63, 3.8) is 0 Å². The minimum absolute atomic E-state index is 0.0748. The van der Waals surface area contributed by atoms with E-state index in [1.165, 1.54) is 16.0 Å². The number of carbonyl (C=O) groups excluding carboxylic acids is 2. The lowest BCUT2D eigenvalue weighted by molar-refractivity contribution is 0.0492. The largest absolute Gasteiger partial charge is 0.381 e. The van der Waals surface area contributed by atoms with Gasteiger partial charge in [-0.2, -0.15) is 0 Å². The summed E-state index contributed by atoms with van der Waals surface area (Å²) in [5, 5.41) is 9.00. The quantitative estimate of drug-likeness (QED) is 0.707. The lowest BCUT2D eigenvalue weighted by Gasteiger charge is -2.39. The zero-order chi connectivity index (χ0) is 21.1. The van der Waals surface area contributed by atoms with Gasteiger partial charge in [-0.1, -0.05) is 42.5 Å². The molecule has 2 aliphatic heterocycles. The molecule has 0 aliphatic carbocycles. The standard InChI is InChI=1S/C23H28N4O3/c1-15-6-3-4-9-20(15)18-8-5-7-17(14-18)16(2)24-21-25-22(28)27(23(29)26-21)19-10-12-30-13-11-19/h3-9,14,16,19,21,24H,10-13H2,1-2H3,(H,25,28)(H,26,29)/t16-/m0/s1. The minimum Gasteiger partial charge on any atom is -0.381 e. The van der Waals surface area contributed by atoms with Gasteiger partial charge in [0.25, 0.3) is 0 Å². The van der Waals surface area contributed by atoms with E-state index in [0.29, 0.717) is 26.1 Å². The Labute approximate surface area is 176 Å². The summed E-state index contributed by atoms with van der Waals surface area (Å²) in [6, 6.07) is 15.6. The fourth-order valence-electron chi connectivity index (χ4n) is 4.09. The molecule has 7 heteroatoms. The van der Waals surface area contributed by atoms with Gasteiger partial charge in [-0.15, -0.1) is 0 Å². The Kier molecular flexibility index (Phi) is 6.01. The van der Waals surface area contributed by atoms with E-state index in [0.717, 1.165) is 11.1 Å². The third-order valence-electron chi connectivity index (χ3n) is 5.79. The van der Waals surface area contributed by atoms with Gasteiger partial charge in [0.05, 0.1) is 0 Å². The number of hydrogen-bond donors (Lipinski definition) is 3. The molecule has 2 fully saturated rings. The molecule has 4 amide bonds. The molecule has 0 bridgehead atoms. The number of ether oxygens (including phenoxy) is 1. The molecule has 4 rings (SSSR count). The van der Waals surface area contributed by atoms with Crippen LogP contribution in [0.4, 0.5) is 9.59 Å². The van der Waals surface area contributed by atoms with Crippen LogP contribution < -0.4 is 16.0 Å². The summed E-state index contributed by atoms with van der Waals surface area (Å²) < 4.78 is 5.33. The summed E-state index contributed by atoms with van der Waals surface area (Å²) in [5.74, 6) is 0. The summed E-state index contributed by atoms with van der Waals surface area (Å²) in [7, 11) is 0. The predicted octanol–water partition coefficient (Wildman–Crippen LogP) is 3.51. The van der Waals surface area contributed by atoms with Gasteiger partial charge in [-0.25, -0.2) is 14.5 Å². The van der Waals surface area contributed by atoms with Crippen molar-refractivity contribution >= 4 is 12.1 Å². The highest BCUT2D eigenvalue weighted by molar-refractivity contribution is 5.96. The molecule has 2 aromatic rings. The smallest absolute Gasteiger partial charge is 0.328 e. The highest BCUT2D eigenvalue weighted by Crippen LogP contribution is 2.26. The van der Waals surface area contributed by atoms with E-state index in [2.05, 4.69) is 47.1 Å². The summed E-state index contributed by atoms with van der Waals surface area (Å²) in [6.45, 7) is 5.25. The molecule has 0 unspecified atom stereocenters. The molecule has 7 nitrogen and oxygen atoms in total. The molecule has 0 aromatic heterocycles. The van der Waals surface area contributed by atoms with Crippen molar-refractivity contribution in [2.45, 2.75) is 45.1 Å². The van der Waals surface area contributed by atoms with Crippen LogP contribution in [0.5, 0.6) is 0 Å². The third kappa shape index (κ3) is 4.32. The highest BCUT2D eigenvalue weighted by atomic mass is 16.5. The third-order valence-corrected chi connectivity index (χ3v) is 5.79. The van der Waals surface area contributed by atoms with Gasteiger partial charge in [0.15, 0.2) is 6.29 Å². The van der Waals surface area contributed by atoms with Crippen LogP contribution in [0.1, 0.15) is 36.9 Å². The number of nitrogens with one attached hydrogen (secondary N) is 3. The number of nitrogens with zero attached hydrogens (tertiary/aromatic N) is 1. The van der Waals surface area contributed by atoms with E-state index in [9.17, 15) is 9.59 Å². The molecule has 3 N–H and O–H groups in total. The maximum absolute atomic E-state index is 12.6. The Morgan fingerprint density at radius 1 is 1.03 bits per heavy atom. The molecule has 0 saturated carbocycles. The Hall–Kier alpha value is -2.90. The monoisotopic (exact) mass is 408 g/mol. The summed E-state index contributed by atoms with van der Waals surface area (Å²) >= 11 is 0. The van der Waals surface area contributed by atoms with Crippen LogP contribution in [-0.4, -0.2) is 42.5 Å². The van der Waals surface area contributed by atoms with E-state index in [4.69, 9.17) is 4.74 Å². The molecule has 2 aromatic carbocycles. The first kappa shape index (κ1) is 20.4. The number of amides is 4. The first-order valence-corrected chi connectivity index (χ1v) is 10.4. The lowest BCUT2D eigenvalue weighted by Crippen LogP contribution is -2.70. The van der Waals surface area contributed by atoms with Crippen LogP contribution in [0.3, 0.4) is 0 Å². The lowest BCUT2D eigenvalue weighted by atomic mass is 9.97. The molecular formula is C23H28N4O3. The number of benzene rings is 2. The molecule has 2 heterocycles. The summed E-state index contributed by atoms with van der Waals surface area (Å²) in [4.78, 5) is 26.4. The number of imide groups is 1. The van der Waals surface area contributed by atoms with E-state index in [-0.39, 0.29) is 24.1 Å². The highest BCUT2D eigenvalue weighted by Gasteiger charge is 2.37. The van der Waals surface area contributed by atoms with E-state index in [1.807, 2.05) is 31.2 Å². The fraction of sp³-hybridized carbons (Fsp3) is 0.391. The molecule has 30 heavy (non-hydrogen) atoms. The first-order chi connectivity index (χ1) is 14.5. The minimum atomic E-state index is -0.627. The number of hydrogen-bond acceptors (Lipinski definition) is 4. The molecule has 2 saturated heterocycles. The van der Waals surface area contributed by atoms with Crippen LogP contribution >= 0.6 is 0 Å². The Morgan fingerprint density at radius 3 is 2.43 bits per heavy atom. The van der Waals surface area contributed by atoms with Crippen LogP contribution in [0.25, 0.3) is 11.1 Å². The molecule has 1 atom stereocenters. The average molecular weight is 409 g/mol. The molecule has 0 spiro atoms. The normalized spacial score (nSPS) is 19.3. The fourth-order valence-corrected chi connectivity index (χ4v) is 4.09. The summed E-state index contributed by atoms with van der Waals surface area (Å²) in [5.41, 5.74) is 4.63. The van der Waals surface area contributed by atoms with Crippen molar-refractivity contribution in [1.29, 1.82) is 0 Å². The van der Waals surface area contributed by atoms with Crippen molar-refractivity contribution in [3.05, 3.63) is 59.7 Å². The van der Waals surface area contributed by atoms with Gasteiger partial charge in [-0.05, 0) is 55.0 Å². The predicted molar refractivity (Wildman–Crippen MR) is 115 cm³/mol. The van der Waals surface area contributed by atoms with Gasteiger partial charge in [0.2, 0.25) is 0 Å². The second-order valence-electron chi connectivity index (χ2n) is 7.87. The van der Waals surface area contributed by atoms with Crippen molar-refractivity contribution in [1.82, 2.24) is 20.9 Å². The Bertz CT molecular complexity index is 908. The number of aryl methyl sites for hydroxylation is 1. The van der Waals surface area contributed by atoms with Gasteiger partial charge in [0.1, 0.15) is 0 Å². The SMILES string of the molecule is Cc1ccccc1-c1cccc([C@H](C)NC2NC(=O)N(C3CCOCC3)C(=O)N2)c1. The van der Waals surface area contributed by atoms with Crippen molar-refractivity contribution in [3.8, 4) is 11.1 Å². The van der Waals surface area contributed by atoms with Gasteiger partial charge < -0.3 is 15.4 Å². The van der Waals surface area contributed by atoms with Crippen LogP contribution in [0.15, 0.2) is 48.5 Å². The topological polar surface area (TPSA) is 82.7 Å². The first-order valence-electron chi connectivity index (χ1n) is 10.4. The van der Waals surface area contributed by atoms with E-state index < -0.39 is 6.29 Å². The Balaban J connectivity index is 1.43. The molecule has 0 radical (unpaired) electrons. The molecule has 2 aliphatic rings. The number of urea groups is 2. The van der Waals surface area contributed by atoms with E-state index in [1.54, 1.807) is 0 Å². The number of rotatable bonds is 5. The summed E-state index contributed by atoms with van der Waals surface area (Å²) in [6.07, 6.45) is 0.709. The maximum atomic E-state index is 12.6. The molecular weight excluding hydrogens is 380 g/mol. The van der Waals surface area contributed by atoms with Gasteiger partial charge >= 0.3 is 12.1 Å². The van der Waals surface area contributed by atoms with Crippen LogP contribution in [-0.2, 0) is 4.74 Å². The van der Waals surface area contributed by atoms with E-state index >= 15 is 0 Å². The average Bonchev–Trinajstić information content (AvgIpc) is 2.74. The van der Waals surface area contributed by atoms with Gasteiger partial charge in [0, 0.05) is 25.3 Å². The van der Waals surface area contributed by atoms with Crippen molar-refractivity contribution in [2.24, 2.45) is 0 Å². The second-order valence-corrected chi connectivity index (χ2v) is 7.87. The molecule has 158 valence electrons. The zero-order valence-electron chi connectivity index (χ0n) is 17.4. The maximum Gasteiger partial charge on any atom is 0.328 e. The number of carbonyl (C=O) groups is 2. The van der Waals surface area contributed by atoms with Crippen LogP contribution in [0.2, 0.25) is 0 Å². The van der Waals surface area contributed by atoms with Crippen LogP contribution in [0, 0.1) is 6.92 Å². The van der Waals surface area contributed by atoms with Gasteiger partial charge in [-0.3, -0.25) is 5.32 Å². The zero-order valence-corrected chi connectivity index (χ0v) is 17.4.